The number of alkyl halides is 3. The molecule has 0 spiro atoms. The lowest BCUT2D eigenvalue weighted by atomic mass is 10.2. The molecule has 0 unspecified atom stereocenters. The molecule has 2 nitrogen and oxygen atoms in total. The highest BCUT2D eigenvalue weighted by Crippen LogP contribution is 2.36. The van der Waals surface area contributed by atoms with Crippen molar-refractivity contribution in [3.63, 3.8) is 0 Å². The van der Waals surface area contributed by atoms with Gasteiger partial charge in [-0.25, -0.2) is 4.98 Å². The summed E-state index contributed by atoms with van der Waals surface area (Å²) in [7, 11) is 0. The van der Waals surface area contributed by atoms with Gasteiger partial charge in [0.1, 0.15) is 0 Å². The highest BCUT2D eigenvalue weighted by atomic mass is 32.1. The first-order valence-electron chi connectivity index (χ1n) is 4.71. The van der Waals surface area contributed by atoms with Crippen molar-refractivity contribution in [2.75, 3.05) is 5.73 Å². The van der Waals surface area contributed by atoms with Gasteiger partial charge < -0.3 is 5.73 Å². The van der Waals surface area contributed by atoms with Crippen LogP contribution >= 0.6 is 11.3 Å². The van der Waals surface area contributed by atoms with Crippen LogP contribution in [0.4, 0.5) is 18.3 Å². The van der Waals surface area contributed by atoms with Gasteiger partial charge >= 0.3 is 6.18 Å². The van der Waals surface area contributed by atoms with E-state index in [-0.39, 0.29) is 10.6 Å². The van der Waals surface area contributed by atoms with E-state index in [4.69, 9.17) is 5.73 Å². The van der Waals surface area contributed by atoms with Gasteiger partial charge in [-0.15, -0.1) is 0 Å². The molecular weight excluding hydrogens is 237 g/mol. The summed E-state index contributed by atoms with van der Waals surface area (Å²) >= 11 is 1.05. The maximum Gasteiger partial charge on any atom is 0.418 e. The largest absolute Gasteiger partial charge is 0.418 e. The molecule has 0 amide bonds. The minimum atomic E-state index is -4.37. The van der Waals surface area contributed by atoms with Crippen LogP contribution in [0.5, 0.6) is 0 Å². The Balaban J connectivity index is 0.000000606. The summed E-state index contributed by atoms with van der Waals surface area (Å²) in [6, 6.07) is 3.92. The average Bonchev–Trinajstić information content (AvgIpc) is 2.58. The number of anilines is 1. The number of halogens is 3. The first-order chi connectivity index (χ1) is 7.48. The second-order valence-electron chi connectivity index (χ2n) is 2.70. The molecule has 1 aromatic heterocycles. The molecule has 0 aliphatic rings. The van der Waals surface area contributed by atoms with Crippen LogP contribution in [0.1, 0.15) is 19.4 Å². The Labute approximate surface area is 94.9 Å². The lowest BCUT2D eigenvalue weighted by Gasteiger charge is -2.05. The molecule has 16 heavy (non-hydrogen) atoms. The van der Waals surface area contributed by atoms with E-state index in [0.29, 0.717) is 4.70 Å². The van der Waals surface area contributed by atoms with Crippen LogP contribution in [0.3, 0.4) is 0 Å². The summed E-state index contributed by atoms with van der Waals surface area (Å²) in [5.74, 6) is 0. The third kappa shape index (κ3) is 2.44. The minimum absolute atomic E-state index is 0.0671. The van der Waals surface area contributed by atoms with E-state index in [1.54, 1.807) is 6.07 Å². The number of hydrogen-bond donors (Lipinski definition) is 1. The average molecular weight is 248 g/mol. The van der Waals surface area contributed by atoms with Gasteiger partial charge in [-0.05, 0) is 12.1 Å². The third-order valence-electron chi connectivity index (χ3n) is 1.74. The fourth-order valence-electron chi connectivity index (χ4n) is 1.19. The summed E-state index contributed by atoms with van der Waals surface area (Å²) in [5, 5.41) is 0.150. The van der Waals surface area contributed by atoms with Crippen molar-refractivity contribution in [2.45, 2.75) is 20.0 Å². The molecule has 0 bridgehead atoms. The molecule has 2 rings (SSSR count). The van der Waals surface area contributed by atoms with Crippen LogP contribution in [-0.2, 0) is 6.18 Å². The van der Waals surface area contributed by atoms with Crippen molar-refractivity contribution in [1.29, 1.82) is 0 Å². The molecule has 88 valence electrons. The number of fused-ring (bicyclic) bond motifs is 1. The van der Waals surface area contributed by atoms with E-state index in [1.807, 2.05) is 13.8 Å². The number of para-hydroxylation sites is 1. The summed E-state index contributed by atoms with van der Waals surface area (Å²) < 4.78 is 37.8. The van der Waals surface area contributed by atoms with E-state index >= 15 is 0 Å². The molecule has 0 aliphatic heterocycles. The number of nitrogen functional groups attached to an aromatic ring is 1. The monoisotopic (exact) mass is 248 g/mol. The molecule has 1 aromatic carbocycles. The summed E-state index contributed by atoms with van der Waals surface area (Å²) in [6.07, 6.45) is -4.37. The Bertz CT molecular complexity index is 476. The fraction of sp³-hybridized carbons (Fsp3) is 0.300. The van der Waals surface area contributed by atoms with Gasteiger partial charge in [0.25, 0.3) is 0 Å². The van der Waals surface area contributed by atoms with Crippen molar-refractivity contribution in [3.8, 4) is 0 Å². The second-order valence-corrected chi connectivity index (χ2v) is 3.76. The van der Waals surface area contributed by atoms with Crippen LogP contribution in [0.25, 0.3) is 10.2 Å². The maximum absolute atomic E-state index is 12.5. The summed E-state index contributed by atoms with van der Waals surface area (Å²) in [5.41, 5.74) is 4.54. The summed E-state index contributed by atoms with van der Waals surface area (Å²) in [6.45, 7) is 4.00. The van der Waals surface area contributed by atoms with Gasteiger partial charge in [0, 0.05) is 0 Å². The number of rotatable bonds is 0. The molecule has 2 aromatic rings. The van der Waals surface area contributed by atoms with Crippen LogP contribution in [0, 0.1) is 0 Å². The molecule has 0 saturated heterocycles. The van der Waals surface area contributed by atoms with Crippen molar-refractivity contribution in [1.82, 2.24) is 4.98 Å². The zero-order chi connectivity index (χ0) is 12.3. The van der Waals surface area contributed by atoms with E-state index < -0.39 is 11.7 Å². The number of nitrogens with two attached hydrogens (primary N) is 1. The van der Waals surface area contributed by atoms with E-state index in [9.17, 15) is 13.2 Å². The molecule has 1 heterocycles. The lowest BCUT2D eigenvalue weighted by molar-refractivity contribution is -0.136. The first kappa shape index (κ1) is 12.8. The third-order valence-corrected chi connectivity index (χ3v) is 2.59. The normalized spacial score (nSPS) is 11.1. The van der Waals surface area contributed by atoms with E-state index in [2.05, 4.69) is 4.98 Å². The molecular formula is C10H11F3N2S. The first-order valence-corrected chi connectivity index (χ1v) is 5.52. The van der Waals surface area contributed by atoms with Crippen molar-refractivity contribution >= 4 is 26.7 Å². The Kier molecular flexibility index (Phi) is 3.74. The standard InChI is InChI=1S/C8H5F3N2S.C2H6/c9-8(10,11)4-2-1-3-5-6(4)13-7(12)14-5;1-2/h1-3H,(H2,12,13);1-2H3. The van der Waals surface area contributed by atoms with Crippen LogP contribution < -0.4 is 5.73 Å². The van der Waals surface area contributed by atoms with Crippen LogP contribution in [0.15, 0.2) is 18.2 Å². The molecule has 0 saturated carbocycles. The van der Waals surface area contributed by atoms with Crippen molar-refractivity contribution in [2.24, 2.45) is 0 Å². The van der Waals surface area contributed by atoms with Gasteiger partial charge in [0.05, 0.1) is 15.8 Å². The molecule has 6 heteroatoms. The smallest absolute Gasteiger partial charge is 0.375 e. The van der Waals surface area contributed by atoms with Crippen molar-refractivity contribution in [3.05, 3.63) is 23.8 Å². The topological polar surface area (TPSA) is 38.9 Å². The predicted molar refractivity (Wildman–Crippen MR) is 60.4 cm³/mol. The zero-order valence-corrected chi connectivity index (χ0v) is 9.62. The Hall–Kier alpha value is -1.30. The van der Waals surface area contributed by atoms with Gasteiger partial charge in [-0.3, -0.25) is 0 Å². The fourth-order valence-corrected chi connectivity index (χ4v) is 1.96. The Morgan fingerprint density at radius 1 is 1.25 bits per heavy atom. The SMILES string of the molecule is CC.Nc1nc2c(C(F)(F)F)cccc2s1. The minimum Gasteiger partial charge on any atom is -0.375 e. The Morgan fingerprint density at radius 2 is 1.88 bits per heavy atom. The van der Waals surface area contributed by atoms with E-state index in [0.717, 1.165) is 17.4 Å². The highest BCUT2D eigenvalue weighted by Gasteiger charge is 2.33. The number of benzene rings is 1. The maximum atomic E-state index is 12.5. The summed E-state index contributed by atoms with van der Waals surface area (Å²) in [4.78, 5) is 3.66. The zero-order valence-electron chi connectivity index (χ0n) is 8.80. The molecule has 2 N–H and O–H groups in total. The van der Waals surface area contributed by atoms with Gasteiger partial charge in [-0.1, -0.05) is 31.3 Å². The molecule has 0 fully saturated rings. The quantitative estimate of drug-likeness (QED) is 0.767. The van der Waals surface area contributed by atoms with Gasteiger partial charge in [0.2, 0.25) is 0 Å². The van der Waals surface area contributed by atoms with Crippen LogP contribution in [-0.4, -0.2) is 4.98 Å². The number of thiazole rings is 1. The Morgan fingerprint density at radius 3 is 2.44 bits per heavy atom. The number of aromatic nitrogens is 1. The van der Waals surface area contributed by atoms with Crippen molar-refractivity contribution < 1.29 is 13.2 Å². The number of hydrogen-bond acceptors (Lipinski definition) is 3. The van der Waals surface area contributed by atoms with E-state index in [1.165, 1.54) is 6.07 Å². The van der Waals surface area contributed by atoms with Crippen LogP contribution in [0.2, 0.25) is 0 Å². The second kappa shape index (κ2) is 4.69. The lowest BCUT2D eigenvalue weighted by Crippen LogP contribution is -2.05. The molecule has 0 atom stereocenters. The molecule has 0 radical (unpaired) electrons. The highest BCUT2D eigenvalue weighted by molar-refractivity contribution is 7.22. The predicted octanol–water partition coefficient (Wildman–Crippen LogP) is 3.92. The molecule has 0 aliphatic carbocycles. The number of nitrogens with zero attached hydrogens (tertiary/aromatic N) is 1. The van der Waals surface area contributed by atoms with Gasteiger partial charge in [-0.2, -0.15) is 13.2 Å². The van der Waals surface area contributed by atoms with Gasteiger partial charge in [0.15, 0.2) is 5.13 Å².